The average Bonchev–Trinajstić information content (AvgIpc) is 3.09. The van der Waals surface area contributed by atoms with Crippen LogP contribution in [-0.4, -0.2) is 25.0 Å². The predicted molar refractivity (Wildman–Crippen MR) is 110 cm³/mol. The van der Waals surface area contributed by atoms with Gasteiger partial charge in [0.1, 0.15) is 18.2 Å². The van der Waals surface area contributed by atoms with Crippen LogP contribution in [0.2, 0.25) is 0 Å². The molecule has 4 rings (SSSR count). The summed E-state index contributed by atoms with van der Waals surface area (Å²) in [5.41, 5.74) is 0.612. The van der Waals surface area contributed by atoms with Crippen molar-refractivity contribution in [1.82, 2.24) is 10.6 Å². The fourth-order valence-electron chi connectivity index (χ4n) is 3.62. The van der Waals surface area contributed by atoms with E-state index in [1.807, 2.05) is 36.4 Å². The van der Waals surface area contributed by atoms with Crippen molar-refractivity contribution in [2.45, 2.75) is 26.0 Å². The summed E-state index contributed by atoms with van der Waals surface area (Å²) in [6.45, 7) is 4.05. The highest BCUT2D eigenvalue weighted by Crippen LogP contribution is 2.34. The van der Waals surface area contributed by atoms with Crippen LogP contribution in [0.15, 0.2) is 48.5 Å². The number of fused-ring (bicyclic) bond motifs is 1. The number of piperidine rings is 1. The highest BCUT2D eigenvalue weighted by Gasteiger charge is 2.26. The van der Waals surface area contributed by atoms with Gasteiger partial charge in [-0.05, 0) is 49.7 Å². The Hall–Kier alpha value is -2.44. The highest BCUT2D eigenvalue weighted by molar-refractivity contribution is 7.21. The largest absolute Gasteiger partial charge is 0.489 e. The van der Waals surface area contributed by atoms with Gasteiger partial charge >= 0.3 is 0 Å². The van der Waals surface area contributed by atoms with Crippen molar-refractivity contribution < 1.29 is 13.9 Å². The number of hydrogen-bond donors (Lipinski definition) is 2. The van der Waals surface area contributed by atoms with Crippen LogP contribution in [-0.2, 0) is 6.61 Å². The number of carbonyl (C=O) groups is 1. The van der Waals surface area contributed by atoms with Crippen LogP contribution in [0.4, 0.5) is 4.39 Å². The topological polar surface area (TPSA) is 50.4 Å². The van der Waals surface area contributed by atoms with Gasteiger partial charge in [0.05, 0.1) is 4.88 Å². The van der Waals surface area contributed by atoms with Crippen molar-refractivity contribution in [3.63, 3.8) is 0 Å². The molecule has 2 heterocycles. The molecule has 2 aromatic carbocycles. The summed E-state index contributed by atoms with van der Waals surface area (Å²) in [5.74, 6) is 0.574. The van der Waals surface area contributed by atoms with Gasteiger partial charge in [-0.3, -0.25) is 4.79 Å². The summed E-state index contributed by atoms with van der Waals surface area (Å²) in [5, 5.41) is 6.97. The van der Waals surface area contributed by atoms with Gasteiger partial charge in [0.2, 0.25) is 0 Å². The fourth-order valence-corrected chi connectivity index (χ4v) is 4.75. The zero-order chi connectivity index (χ0) is 19.5. The van der Waals surface area contributed by atoms with Crippen molar-refractivity contribution in [1.29, 1.82) is 0 Å². The molecule has 0 bridgehead atoms. The summed E-state index contributed by atoms with van der Waals surface area (Å²) in [7, 11) is 0. The molecule has 1 aliphatic heterocycles. The van der Waals surface area contributed by atoms with Gasteiger partial charge in [-0.15, -0.1) is 11.3 Å². The van der Waals surface area contributed by atoms with Crippen LogP contribution in [0, 0.1) is 11.7 Å². The Labute approximate surface area is 167 Å². The molecular formula is C22H23FN2O2S. The van der Waals surface area contributed by atoms with Crippen LogP contribution in [0.3, 0.4) is 0 Å². The van der Waals surface area contributed by atoms with E-state index in [1.54, 1.807) is 6.07 Å². The summed E-state index contributed by atoms with van der Waals surface area (Å²) in [4.78, 5) is 13.6. The molecule has 0 spiro atoms. The number of thiophene rings is 1. The molecule has 146 valence electrons. The molecule has 28 heavy (non-hydrogen) atoms. The lowest BCUT2D eigenvalue weighted by Crippen LogP contribution is -2.48. The smallest absolute Gasteiger partial charge is 0.262 e. The highest BCUT2D eigenvalue weighted by atomic mass is 32.1. The first-order chi connectivity index (χ1) is 13.6. The third-order valence-electron chi connectivity index (χ3n) is 5.20. The molecule has 0 saturated carbocycles. The molecule has 6 heteroatoms. The van der Waals surface area contributed by atoms with Gasteiger partial charge in [0, 0.05) is 21.7 Å². The molecule has 4 nitrogen and oxygen atoms in total. The van der Waals surface area contributed by atoms with Crippen LogP contribution >= 0.6 is 11.3 Å². The van der Waals surface area contributed by atoms with Crippen LogP contribution in [0.1, 0.15) is 28.6 Å². The summed E-state index contributed by atoms with van der Waals surface area (Å²) >= 11 is 1.32. The maximum atomic E-state index is 14.6. The summed E-state index contributed by atoms with van der Waals surface area (Å²) < 4.78 is 21.2. The maximum Gasteiger partial charge on any atom is 0.262 e. The lowest BCUT2D eigenvalue weighted by atomic mass is 9.95. The van der Waals surface area contributed by atoms with Gasteiger partial charge in [-0.25, -0.2) is 4.39 Å². The minimum Gasteiger partial charge on any atom is -0.489 e. The van der Waals surface area contributed by atoms with E-state index >= 15 is 0 Å². The number of halogens is 1. The van der Waals surface area contributed by atoms with E-state index in [0.29, 0.717) is 27.5 Å². The fraction of sp³-hybridized carbons (Fsp3) is 0.318. The predicted octanol–water partition coefficient (Wildman–Crippen LogP) is 4.35. The Morgan fingerprint density at radius 2 is 2.07 bits per heavy atom. The molecule has 1 aliphatic rings. The Morgan fingerprint density at radius 3 is 2.86 bits per heavy atom. The molecule has 1 amide bonds. The van der Waals surface area contributed by atoms with E-state index in [4.69, 9.17) is 4.74 Å². The number of rotatable bonds is 5. The monoisotopic (exact) mass is 398 g/mol. The first-order valence-electron chi connectivity index (χ1n) is 9.53. The van der Waals surface area contributed by atoms with Gasteiger partial charge < -0.3 is 15.4 Å². The van der Waals surface area contributed by atoms with Crippen molar-refractivity contribution in [2.24, 2.45) is 5.92 Å². The second-order valence-electron chi connectivity index (χ2n) is 7.17. The number of carbonyl (C=O) groups excluding carboxylic acids is 1. The number of ether oxygens (including phenoxy) is 1. The Balaban J connectivity index is 1.64. The Bertz CT molecular complexity index is 973. The molecule has 1 aromatic heterocycles. The van der Waals surface area contributed by atoms with Crippen molar-refractivity contribution in [3.8, 4) is 5.75 Å². The summed E-state index contributed by atoms with van der Waals surface area (Å²) in [6.07, 6.45) is 0.891. The molecule has 2 unspecified atom stereocenters. The van der Waals surface area contributed by atoms with Crippen molar-refractivity contribution in [3.05, 3.63) is 64.8 Å². The first kappa shape index (κ1) is 18.9. The molecule has 1 saturated heterocycles. The molecular weight excluding hydrogens is 375 g/mol. The normalized spacial score (nSPS) is 19.5. The number of amides is 1. The van der Waals surface area contributed by atoms with Crippen LogP contribution in [0.5, 0.6) is 5.75 Å². The van der Waals surface area contributed by atoms with Gasteiger partial charge in [0.25, 0.3) is 5.91 Å². The average molecular weight is 399 g/mol. The molecule has 2 atom stereocenters. The lowest BCUT2D eigenvalue weighted by molar-refractivity contribution is 0.0916. The number of nitrogens with one attached hydrogen (secondary N) is 2. The minimum atomic E-state index is -0.324. The van der Waals surface area contributed by atoms with Gasteiger partial charge in [0.15, 0.2) is 0 Å². The third kappa shape index (κ3) is 3.88. The second kappa shape index (κ2) is 8.29. The molecule has 0 aliphatic carbocycles. The lowest BCUT2D eigenvalue weighted by Gasteiger charge is -2.30. The van der Waals surface area contributed by atoms with E-state index in [9.17, 15) is 9.18 Å². The zero-order valence-electron chi connectivity index (χ0n) is 15.7. The zero-order valence-corrected chi connectivity index (χ0v) is 16.5. The molecule has 3 aromatic rings. The quantitative estimate of drug-likeness (QED) is 0.672. The summed E-state index contributed by atoms with van der Waals surface area (Å²) in [6, 6.07) is 14.4. The second-order valence-corrected chi connectivity index (χ2v) is 8.23. The first-order valence-corrected chi connectivity index (χ1v) is 10.3. The molecule has 2 N–H and O–H groups in total. The van der Waals surface area contributed by atoms with Gasteiger partial charge in [-0.2, -0.15) is 0 Å². The van der Waals surface area contributed by atoms with E-state index in [-0.39, 0.29) is 24.4 Å². The minimum absolute atomic E-state index is 0.117. The van der Waals surface area contributed by atoms with E-state index in [0.717, 1.165) is 24.2 Å². The third-order valence-corrected chi connectivity index (χ3v) is 6.39. The number of hydrogen-bond acceptors (Lipinski definition) is 4. The Morgan fingerprint density at radius 1 is 1.25 bits per heavy atom. The SMILES string of the molecule is CC1CNCCC1NC(=O)c1sc2cccc(F)c2c1COc1ccccc1. The molecule has 0 radical (unpaired) electrons. The van der Waals surface area contributed by atoms with E-state index in [1.165, 1.54) is 17.4 Å². The van der Waals surface area contributed by atoms with Crippen LogP contribution < -0.4 is 15.4 Å². The van der Waals surface area contributed by atoms with E-state index < -0.39 is 0 Å². The van der Waals surface area contributed by atoms with Gasteiger partial charge in [-0.1, -0.05) is 31.2 Å². The number of para-hydroxylation sites is 1. The maximum absolute atomic E-state index is 14.6. The standard InChI is InChI=1S/C22H23FN2O2S/c1-14-12-24-11-10-18(14)25-22(26)21-16(13-27-15-6-3-2-4-7-15)20-17(23)8-5-9-19(20)28-21/h2-9,14,18,24H,10-13H2,1H3,(H,25,26). The van der Waals surface area contributed by atoms with Crippen LogP contribution in [0.25, 0.3) is 10.1 Å². The van der Waals surface area contributed by atoms with E-state index in [2.05, 4.69) is 17.6 Å². The number of benzene rings is 2. The molecule has 1 fully saturated rings. The Kier molecular flexibility index (Phi) is 5.59. The van der Waals surface area contributed by atoms with Crippen molar-refractivity contribution >= 4 is 27.3 Å². The van der Waals surface area contributed by atoms with Crippen molar-refractivity contribution in [2.75, 3.05) is 13.1 Å².